The van der Waals surface area contributed by atoms with Crippen molar-refractivity contribution in [3.05, 3.63) is 128 Å². The second kappa shape index (κ2) is 15.0. The van der Waals surface area contributed by atoms with E-state index >= 15 is 0 Å². The van der Waals surface area contributed by atoms with E-state index in [0.717, 1.165) is 39.1 Å². The standard InChI is InChI=1S/C22H20FN3O3.C15H12BrFN2O2/c1-13-7-16(11-26(2)22(13)28)15-8-14-3-6-20(27)25-21(14)19(9-15)29-12-18-5-4-17(23)10-24-18;16-10-5-9-1-4-14(20)19-15(9)13(6-10)21-8-12-3-2-11(17)7-18-12/h4-5,7-11H,3,6,12H2,1-2H3,(H,25,27);2-3,5-7H,1,4,8H2,(H,19,20). The van der Waals surface area contributed by atoms with Gasteiger partial charge in [-0.05, 0) is 96.6 Å². The van der Waals surface area contributed by atoms with Crippen LogP contribution < -0.4 is 25.7 Å². The third-order valence-corrected chi connectivity index (χ3v) is 8.59. The fourth-order valence-corrected chi connectivity index (χ4v) is 6.09. The number of ether oxygens (including phenoxy) is 2. The number of carbonyl (C=O) groups excluding carboxylic acids is 2. The van der Waals surface area contributed by atoms with E-state index in [4.69, 9.17) is 9.47 Å². The molecular weight excluding hydrogens is 712 g/mol. The topological polar surface area (TPSA) is 124 Å². The van der Waals surface area contributed by atoms with Crippen LogP contribution in [0.3, 0.4) is 0 Å². The minimum Gasteiger partial charge on any atom is -0.485 e. The Hall–Kier alpha value is -5.43. The van der Waals surface area contributed by atoms with Gasteiger partial charge in [0.05, 0.1) is 35.2 Å². The molecule has 10 nitrogen and oxygen atoms in total. The first-order chi connectivity index (χ1) is 24.0. The number of nitrogens with zero attached hydrogens (tertiary/aromatic N) is 3. The van der Waals surface area contributed by atoms with E-state index in [9.17, 15) is 23.2 Å². The lowest BCUT2D eigenvalue weighted by molar-refractivity contribution is -0.117. The van der Waals surface area contributed by atoms with Crippen LogP contribution in [0.4, 0.5) is 20.2 Å². The maximum absolute atomic E-state index is 13.1. The number of aryl methyl sites for hydroxylation is 4. The maximum Gasteiger partial charge on any atom is 0.253 e. The zero-order valence-corrected chi connectivity index (χ0v) is 28.8. The summed E-state index contributed by atoms with van der Waals surface area (Å²) in [5.41, 5.74) is 6.92. The number of anilines is 2. The van der Waals surface area contributed by atoms with Gasteiger partial charge in [0.25, 0.3) is 5.56 Å². The molecule has 0 unspecified atom stereocenters. The average Bonchev–Trinajstić information content (AvgIpc) is 3.10. The van der Waals surface area contributed by atoms with Crippen LogP contribution in [0.1, 0.15) is 40.9 Å². The summed E-state index contributed by atoms with van der Waals surface area (Å²) >= 11 is 3.43. The van der Waals surface area contributed by atoms with Crippen molar-refractivity contribution in [2.24, 2.45) is 7.05 Å². The minimum atomic E-state index is -0.412. The number of carbonyl (C=O) groups is 2. The molecule has 13 heteroatoms. The second-order valence-corrected chi connectivity index (χ2v) is 12.8. The smallest absolute Gasteiger partial charge is 0.253 e. The lowest BCUT2D eigenvalue weighted by Crippen LogP contribution is -2.20. The molecule has 2 aromatic carbocycles. The van der Waals surface area contributed by atoms with Gasteiger partial charge in [-0.15, -0.1) is 0 Å². The van der Waals surface area contributed by atoms with E-state index in [1.54, 1.807) is 42.9 Å². The Morgan fingerprint density at radius 1 is 0.740 bits per heavy atom. The molecule has 7 rings (SSSR count). The Balaban J connectivity index is 0.000000182. The SMILES string of the molecule is Cc1cc(-c2cc3c(c(OCc4ccc(F)cn4)c2)NC(=O)CC3)cn(C)c1=O.O=C1CCc2cc(Br)cc(OCc3ccc(F)cn3)c2N1. The van der Waals surface area contributed by atoms with Gasteiger partial charge < -0.3 is 24.7 Å². The van der Waals surface area contributed by atoms with Gasteiger partial charge in [0.1, 0.15) is 36.3 Å². The van der Waals surface area contributed by atoms with Gasteiger partial charge >= 0.3 is 0 Å². The fraction of sp³-hybridized carbons (Fsp3) is 0.216. The van der Waals surface area contributed by atoms with E-state index in [1.807, 2.05) is 24.3 Å². The van der Waals surface area contributed by atoms with Crippen molar-refractivity contribution < 1.29 is 27.8 Å². The highest BCUT2D eigenvalue weighted by molar-refractivity contribution is 9.10. The Bertz CT molecular complexity index is 2110. The Morgan fingerprint density at radius 2 is 1.28 bits per heavy atom. The van der Waals surface area contributed by atoms with Crippen LogP contribution in [-0.4, -0.2) is 26.3 Å². The number of amides is 2. The molecule has 3 aromatic heterocycles. The highest BCUT2D eigenvalue weighted by Crippen LogP contribution is 2.38. The minimum absolute atomic E-state index is 0.0189. The van der Waals surface area contributed by atoms with Crippen LogP contribution in [0.2, 0.25) is 0 Å². The number of fused-ring (bicyclic) bond motifs is 2. The van der Waals surface area contributed by atoms with Crippen molar-refractivity contribution in [3.8, 4) is 22.6 Å². The maximum atomic E-state index is 13.1. The van der Waals surface area contributed by atoms with Crippen LogP contribution >= 0.6 is 15.9 Å². The summed E-state index contributed by atoms with van der Waals surface area (Å²) in [7, 11) is 1.72. The summed E-state index contributed by atoms with van der Waals surface area (Å²) in [6, 6.07) is 15.3. The predicted octanol–water partition coefficient (Wildman–Crippen LogP) is 6.81. The summed E-state index contributed by atoms with van der Waals surface area (Å²) in [5, 5.41) is 5.72. The van der Waals surface area contributed by atoms with Gasteiger partial charge in [-0.2, -0.15) is 0 Å². The summed E-state index contributed by atoms with van der Waals surface area (Å²) in [6.45, 7) is 2.12. The van der Waals surface area contributed by atoms with Gasteiger partial charge in [-0.25, -0.2) is 8.78 Å². The first-order valence-electron chi connectivity index (χ1n) is 15.8. The molecule has 0 spiro atoms. The molecular formula is C37H32BrF2N5O5. The monoisotopic (exact) mass is 743 g/mol. The van der Waals surface area contributed by atoms with Gasteiger partial charge in [0.2, 0.25) is 11.8 Å². The van der Waals surface area contributed by atoms with Gasteiger partial charge in [0.15, 0.2) is 0 Å². The summed E-state index contributed by atoms with van der Waals surface area (Å²) < 4.78 is 40.0. The molecule has 2 aliphatic heterocycles. The first-order valence-corrected chi connectivity index (χ1v) is 16.5. The Kier molecular flexibility index (Phi) is 10.3. The molecule has 0 bridgehead atoms. The fourth-order valence-electron chi connectivity index (χ4n) is 5.60. The quantitative estimate of drug-likeness (QED) is 0.188. The van der Waals surface area contributed by atoms with Crippen molar-refractivity contribution in [1.29, 1.82) is 0 Å². The van der Waals surface area contributed by atoms with Gasteiger partial charge in [0, 0.05) is 36.1 Å². The van der Waals surface area contributed by atoms with E-state index in [2.05, 4.69) is 36.5 Å². The third kappa shape index (κ3) is 8.23. The number of rotatable bonds is 7. The molecule has 2 amide bonds. The molecule has 0 saturated carbocycles. The number of hydrogen-bond donors (Lipinski definition) is 2. The lowest BCUT2D eigenvalue weighted by atomic mass is 9.96. The summed E-state index contributed by atoms with van der Waals surface area (Å²) in [4.78, 5) is 43.4. The van der Waals surface area contributed by atoms with Crippen LogP contribution in [0, 0.1) is 18.6 Å². The first kappa shape index (κ1) is 34.4. The third-order valence-electron chi connectivity index (χ3n) is 8.13. The van der Waals surface area contributed by atoms with Crippen molar-refractivity contribution in [2.75, 3.05) is 10.6 Å². The highest BCUT2D eigenvalue weighted by Gasteiger charge is 2.22. The number of nitrogens with one attached hydrogen (secondary N) is 2. The normalized spacial score (nSPS) is 13.2. The molecule has 5 aromatic rings. The molecule has 2 N–H and O–H groups in total. The predicted molar refractivity (Wildman–Crippen MR) is 187 cm³/mol. The molecule has 256 valence electrons. The molecule has 2 aliphatic rings. The molecule has 0 atom stereocenters. The Labute approximate surface area is 294 Å². The molecule has 0 aliphatic carbocycles. The van der Waals surface area contributed by atoms with E-state index < -0.39 is 5.82 Å². The average molecular weight is 745 g/mol. The van der Waals surface area contributed by atoms with Crippen LogP contribution in [0.25, 0.3) is 11.1 Å². The van der Waals surface area contributed by atoms with Crippen LogP contribution in [0.5, 0.6) is 11.5 Å². The second-order valence-electron chi connectivity index (χ2n) is 11.9. The van der Waals surface area contributed by atoms with Gasteiger partial charge in [-0.1, -0.05) is 15.9 Å². The van der Waals surface area contributed by atoms with Crippen LogP contribution in [-0.2, 0) is 42.7 Å². The number of benzene rings is 2. The molecule has 50 heavy (non-hydrogen) atoms. The van der Waals surface area contributed by atoms with E-state index in [-0.39, 0.29) is 36.4 Å². The largest absolute Gasteiger partial charge is 0.485 e. The van der Waals surface area contributed by atoms with E-state index in [0.29, 0.717) is 65.5 Å². The zero-order chi connectivity index (χ0) is 35.4. The van der Waals surface area contributed by atoms with E-state index in [1.165, 1.54) is 12.1 Å². The van der Waals surface area contributed by atoms with Gasteiger partial charge in [-0.3, -0.25) is 24.4 Å². The molecule has 0 radical (unpaired) electrons. The number of hydrogen-bond acceptors (Lipinski definition) is 7. The highest BCUT2D eigenvalue weighted by atomic mass is 79.9. The molecule has 5 heterocycles. The number of halogens is 3. The van der Waals surface area contributed by atoms with Crippen molar-refractivity contribution >= 4 is 39.1 Å². The molecule has 0 saturated heterocycles. The Morgan fingerprint density at radius 3 is 1.80 bits per heavy atom. The lowest BCUT2D eigenvalue weighted by Gasteiger charge is -2.22. The summed E-state index contributed by atoms with van der Waals surface area (Å²) in [6.07, 6.45) is 6.24. The zero-order valence-electron chi connectivity index (χ0n) is 27.2. The molecule has 0 fully saturated rings. The summed E-state index contributed by atoms with van der Waals surface area (Å²) in [5.74, 6) is 0.223. The van der Waals surface area contributed by atoms with Crippen LogP contribution in [0.15, 0.2) is 82.5 Å². The van der Waals surface area contributed by atoms with Crippen molar-refractivity contribution in [2.45, 2.75) is 45.8 Å². The number of aromatic nitrogens is 3. The van der Waals surface area contributed by atoms with Crippen molar-refractivity contribution in [3.63, 3.8) is 0 Å². The number of pyridine rings is 3. The van der Waals surface area contributed by atoms with Crippen molar-refractivity contribution in [1.82, 2.24) is 14.5 Å².